The Labute approximate surface area is 474 Å². The van der Waals surface area contributed by atoms with Gasteiger partial charge in [0, 0.05) is 98.2 Å². The van der Waals surface area contributed by atoms with Crippen molar-refractivity contribution in [3.05, 3.63) is 174 Å². The first kappa shape index (κ1) is 61.1. The van der Waals surface area contributed by atoms with Crippen LogP contribution in [0, 0.1) is 21.7 Å². The number of Topliss-reactive ketones (excluding diaryl/α,β-unsaturated/α-hetero) is 2. The van der Waals surface area contributed by atoms with Gasteiger partial charge in [0.1, 0.15) is 11.6 Å². The van der Waals surface area contributed by atoms with Gasteiger partial charge in [-0.05, 0) is 99.5 Å². The summed E-state index contributed by atoms with van der Waals surface area (Å²) >= 11 is 12.9. The van der Waals surface area contributed by atoms with E-state index in [2.05, 4.69) is 25.5 Å². The molecule has 432 valence electrons. The van der Waals surface area contributed by atoms with E-state index in [9.17, 15) is 60.8 Å². The first-order chi connectivity index (χ1) is 38.6. The quantitative estimate of drug-likeness (QED) is 0.0195. The van der Waals surface area contributed by atoms with Gasteiger partial charge >= 0.3 is 11.9 Å². The number of alkyl halides is 3. The van der Waals surface area contributed by atoms with Crippen molar-refractivity contribution in [3.63, 3.8) is 0 Å². The van der Waals surface area contributed by atoms with Gasteiger partial charge < -0.3 is 36.9 Å². The first-order valence-corrected chi connectivity index (χ1v) is 25.7. The van der Waals surface area contributed by atoms with E-state index in [0.29, 0.717) is 73.2 Å². The number of carbonyl (C=O) groups is 6. The summed E-state index contributed by atoms with van der Waals surface area (Å²) in [7, 11) is 0. The molecule has 0 bridgehead atoms. The summed E-state index contributed by atoms with van der Waals surface area (Å²) in [6.45, 7) is 11.5. The third kappa shape index (κ3) is 13.6. The van der Waals surface area contributed by atoms with Crippen LogP contribution in [-0.2, 0) is 28.9 Å². The van der Waals surface area contributed by atoms with Crippen LogP contribution < -0.4 is 28.0 Å². The molecule has 0 radical (unpaired) electrons. The van der Waals surface area contributed by atoms with Gasteiger partial charge in [0.15, 0.2) is 0 Å². The highest BCUT2D eigenvalue weighted by atomic mass is 35.5. The third-order valence-corrected chi connectivity index (χ3v) is 14.7. The molecule has 4 heterocycles. The van der Waals surface area contributed by atoms with Gasteiger partial charge in [-0.25, -0.2) is 8.78 Å². The number of primary amides is 2. The zero-order chi connectivity index (χ0) is 60.2. The molecular formula is C55H54Cl2F5N11O9. The first-order valence-electron chi connectivity index (χ1n) is 25.0. The van der Waals surface area contributed by atoms with Gasteiger partial charge in [-0.2, -0.15) is 19.1 Å². The van der Waals surface area contributed by atoms with Crippen molar-refractivity contribution in [1.82, 2.24) is 29.3 Å². The number of ketones is 2. The Bertz CT molecular complexity index is 3620. The van der Waals surface area contributed by atoms with Crippen LogP contribution in [0.4, 0.5) is 27.6 Å². The molecule has 0 saturated carbocycles. The smallest absolute Gasteiger partial charge is 0.404 e. The van der Waals surface area contributed by atoms with Gasteiger partial charge in [0.2, 0.25) is 5.75 Å². The molecule has 4 amide bonds. The summed E-state index contributed by atoms with van der Waals surface area (Å²) in [6, 6.07) is 20.6. The minimum Gasteiger partial charge on any atom is -0.404 e. The Kier molecular flexibility index (Phi) is 18.7. The minimum atomic E-state index is -4.64. The second kappa shape index (κ2) is 25.1. The van der Waals surface area contributed by atoms with Crippen molar-refractivity contribution in [2.24, 2.45) is 17.4 Å². The van der Waals surface area contributed by atoms with Crippen molar-refractivity contribution in [2.45, 2.75) is 71.1 Å². The van der Waals surface area contributed by atoms with Crippen molar-refractivity contribution in [1.29, 1.82) is 0 Å². The number of amides is 4. The number of nitrogen functional groups attached to an aromatic ring is 1. The number of nitro benzene ring substituents is 1. The molecule has 9 rings (SSSR count). The SMILES string of the molecule is C[C@@H]1CN(Cc2ccc(F)cc2)[C@@H](C)CN1C(=O)c1cc2c(C(=O)C(N)=O)c[nH]c2cc1Cl.C[C@@H]1CN(Cc2ccc(F)cc2)[C@@H](C)CN1C(=O)c1cc2c(C(=O)C(N)=O)cn(N)c2cc1Cl.NOc1ccc(C(F)(F)F)cc1[N+](=O)[O-]. The molecule has 2 aliphatic rings. The summed E-state index contributed by atoms with van der Waals surface area (Å²) in [6.07, 6.45) is -1.96. The van der Waals surface area contributed by atoms with Crippen LogP contribution in [-0.4, -0.2) is 120 Å². The van der Waals surface area contributed by atoms with E-state index < -0.39 is 51.5 Å². The van der Waals surface area contributed by atoms with Crippen molar-refractivity contribution < 1.29 is 60.5 Å². The number of H-pyrrole nitrogens is 1. The van der Waals surface area contributed by atoms with Crippen molar-refractivity contribution in [2.75, 3.05) is 32.0 Å². The summed E-state index contributed by atoms with van der Waals surface area (Å²) in [5, 5.41) is 11.5. The van der Waals surface area contributed by atoms with E-state index >= 15 is 0 Å². The Hall–Kier alpha value is -8.49. The number of rotatable bonds is 12. The number of nitrogens with one attached hydrogen (secondary N) is 1. The third-order valence-electron chi connectivity index (χ3n) is 14.0. The second-order valence-electron chi connectivity index (χ2n) is 19.7. The molecule has 4 atom stereocenters. The maximum absolute atomic E-state index is 13.5. The second-order valence-corrected chi connectivity index (χ2v) is 20.6. The van der Waals surface area contributed by atoms with E-state index in [1.807, 2.05) is 27.7 Å². The molecule has 2 fully saturated rings. The number of aromatic nitrogens is 2. The lowest BCUT2D eigenvalue weighted by atomic mass is 10.0. The maximum Gasteiger partial charge on any atom is 0.416 e. The number of nitrogens with two attached hydrogens (primary N) is 4. The Morgan fingerprint density at radius 3 is 1.57 bits per heavy atom. The highest BCUT2D eigenvalue weighted by molar-refractivity contribution is 6.45. The molecule has 2 aliphatic heterocycles. The van der Waals surface area contributed by atoms with Crippen LogP contribution in [0.15, 0.2) is 103 Å². The highest BCUT2D eigenvalue weighted by Gasteiger charge is 2.37. The van der Waals surface area contributed by atoms with E-state index in [1.165, 1.54) is 59.5 Å². The number of halogens is 7. The van der Waals surface area contributed by atoms with Crippen LogP contribution in [0.5, 0.6) is 5.75 Å². The number of aromatic amines is 1. The molecule has 2 saturated heterocycles. The summed E-state index contributed by atoms with van der Waals surface area (Å²) in [4.78, 5) is 98.5. The van der Waals surface area contributed by atoms with E-state index in [0.717, 1.165) is 17.2 Å². The summed E-state index contributed by atoms with van der Waals surface area (Å²) in [5.74, 6) is 5.15. The predicted octanol–water partition coefficient (Wildman–Crippen LogP) is 7.78. The molecule has 82 heavy (non-hydrogen) atoms. The number of piperazine rings is 2. The van der Waals surface area contributed by atoms with E-state index in [4.69, 9.17) is 40.5 Å². The number of nitro groups is 1. The van der Waals surface area contributed by atoms with E-state index in [-0.39, 0.29) is 79.9 Å². The largest absolute Gasteiger partial charge is 0.416 e. The lowest BCUT2D eigenvalue weighted by molar-refractivity contribution is -0.386. The topological polar surface area (TPSA) is 293 Å². The number of fused-ring (bicyclic) bond motifs is 2. The van der Waals surface area contributed by atoms with Crippen LogP contribution in [0.25, 0.3) is 21.8 Å². The number of benzene rings is 5. The summed E-state index contributed by atoms with van der Waals surface area (Å²) < 4.78 is 64.1. The molecule has 0 unspecified atom stereocenters. The fourth-order valence-corrected chi connectivity index (χ4v) is 10.2. The van der Waals surface area contributed by atoms with Crippen molar-refractivity contribution in [3.8, 4) is 5.75 Å². The fraction of sp³-hybridized carbons (Fsp3) is 0.273. The highest BCUT2D eigenvalue weighted by Crippen LogP contribution is 2.36. The summed E-state index contributed by atoms with van der Waals surface area (Å²) in [5.41, 5.74) is 11.9. The molecule has 5 aromatic carbocycles. The van der Waals surface area contributed by atoms with Gasteiger partial charge in [-0.1, -0.05) is 47.5 Å². The fourth-order valence-electron chi connectivity index (χ4n) is 9.67. The zero-order valence-electron chi connectivity index (χ0n) is 44.2. The van der Waals surface area contributed by atoms with Crippen LogP contribution in [0.1, 0.15) is 85.8 Å². The van der Waals surface area contributed by atoms with Gasteiger partial charge in [-0.3, -0.25) is 53.4 Å². The average Bonchev–Trinajstić information content (AvgIpc) is 4.22. The van der Waals surface area contributed by atoms with Crippen molar-refractivity contribution >= 4 is 85.9 Å². The molecule has 9 N–H and O–H groups in total. The lowest BCUT2D eigenvalue weighted by Gasteiger charge is -2.44. The van der Waals surface area contributed by atoms with Gasteiger partial charge in [0.25, 0.3) is 35.2 Å². The van der Waals surface area contributed by atoms with Crippen LogP contribution in [0.3, 0.4) is 0 Å². The van der Waals surface area contributed by atoms with E-state index in [1.54, 1.807) is 40.1 Å². The normalized spacial score (nSPS) is 17.6. The Balaban J connectivity index is 0.000000190. The molecule has 20 nitrogen and oxygen atoms in total. The predicted molar refractivity (Wildman–Crippen MR) is 294 cm³/mol. The Morgan fingerprint density at radius 2 is 1.12 bits per heavy atom. The molecule has 0 spiro atoms. The minimum absolute atomic E-state index is 0.0150. The maximum atomic E-state index is 13.5. The molecule has 2 aromatic heterocycles. The van der Waals surface area contributed by atoms with Gasteiger partial charge in [0.05, 0.1) is 48.3 Å². The number of nitrogens with zero attached hydrogens (tertiary/aromatic N) is 6. The Morgan fingerprint density at radius 1 is 0.659 bits per heavy atom. The van der Waals surface area contributed by atoms with Gasteiger partial charge in [-0.15, -0.1) is 0 Å². The molecular weight excluding hydrogens is 1120 g/mol. The van der Waals surface area contributed by atoms with Crippen LogP contribution >= 0.6 is 23.2 Å². The van der Waals surface area contributed by atoms with Crippen LogP contribution in [0.2, 0.25) is 10.0 Å². The monoisotopic (exact) mass is 1180 g/mol. The average molecular weight is 1180 g/mol. The number of carbonyl (C=O) groups excluding carboxylic acids is 6. The lowest BCUT2D eigenvalue weighted by Crippen LogP contribution is -2.57. The molecule has 0 aliphatic carbocycles. The molecule has 27 heteroatoms. The zero-order valence-corrected chi connectivity index (χ0v) is 45.7. The standard InChI is InChI=1S/C24H25ClFN5O3.C24H24ClFN4O3.C7H5F3N2O3/c1-13-10-30(14(2)9-29(13)11-15-3-5-16(26)6-4-15)24(34)18-7-17-19(22(32)23(27)33)12-31(28)21(17)8-20(18)25;1-13-11-30(14(2)10-29(13)12-15-3-5-16(26)6-4-15)24(33)18-7-17-19(22(31)23(27)32)9-28-21(17)8-20(18)25;8-7(9,10)4-1-2-6(15-11)5(3-4)12(13)14/h3-8,12-14H,9-11,28H2,1-2H3,(H2,27,33);3-9,13-14,28H,10-12H2,1-2H3,(H2,27,32);1-3H,11H2/t2*13-,14+;/m00./s1. The number of hydrogen-bond donors (Lipinski definition) is 5. The number of hydrogen-bond acceptors (Lipinski definition) is 13. The molecule has 7 aromatic rings.